The van der Waals surface area contributed by atoms with Crippen LogP contribution < -0.4 is 10.1 Å². The lowest BCUT2D eigenvalue weighted by Gasteiger charge is -2.13. The molecule has 2 aromatic carbocycles. The summed E-state index contributed by atoms with van der Waals surface area (Å²) in [5, 5.41) is 3.60. The Kier molecular flexibility index (Phi) is 5.95. The zero-order valence-electron chi connectivity index (χ0n) is 14.3. The molecule has 0 spiro atoms. The third kappa shape index (κ3) is 5.68. The number of amides is 1. The summed E-state index contributed by atoms with van der Waals surface area (Å²) in [5.74, 6) is -0.530. The van der Waals surface area contributed by atoms with Gasteiger partial charge in [0.2, 0.25) is 5.91 Å². The number of aromatic nitrogens is 1. The zero-order valence-corrected chi connectivity index (χ0v) is 15.1. The number of aryl methyl sites for hydroxylation is 1. The number of halogens is 3. The van der Waals surface area contributed by atoms with Crippen molar-refractivity contribution in [2.75, 3.05) is 0 Å². The fourth-order valence-electron chi connectivity index (χ4n) is 2.58. The minimum Gasteiger partial charge on any atom is -0.405 e. The fraction of sp³-hybridized carbons (Fsp3) is 0.263. The minimum absolute atomic E-state index is 0.0216. The quantitative estimate of drug-likeness (QED) is 0.624. The summed E-state index contributed by atoms with van der Waals surface area (Å²) in [6, 6.07) is 13.6. The topological polar surface area (TPSA) is 51.2 Å². The number of nitrogens with zero attached hydrogens (tertiary/aromatic N) is 1. The molecule has 0 atom stereocenters. The van der Waals surface area contributed by atoms with Gasteiger partial charge in [-0.25, -0.2) is 4.98 Å². The minimum atomic E-state index is -4.77. The Morgan fingerprint density at radius 2 is 1.85 bits per heavy atom. The number of carbonyl (C=O) groups excluding carboxylic acids is 1. The van der Waals surface area contributed by atoms with Crippen molar-refractivity contribution >= 4 is 27.5 Å². The molecule has 0 radical (unpaired) electrons. The van der Waals surface area contributed by atoms with Gasteiger partial charge in [-0.1, -0.05) is 30.3 Å². The predicted octanol–water partition coefficient (Wildman–Crippen LogP) is 4.83. The number of para-hydroxylation sites is 2. The number of carbonyl (C=O) groups is 1. The molecule has 27 heavy (non-hydrogen) atoms. The number of hydrogen-bond donors (Lipinski definition) is 1. The van der Waals surface area contributed by atoms with Crippen LogP contribution in [-0.4, -0.2) is 17.3 Å². The summed E-state index contributed by atoms with van der Waals surface area (Å²) in [6.45, 7) is -0.0216. The second kappa shape index (κ2) is 8.39. The van der Waals surface area contributed by atoms with Crippen LogP contribution in [0, 0.1) is 0 Å². The number of benzene rings is 2. The van der Waals surface area contributed by atoms with E-state index >= 15 is 0 Å². The van der Waals surface area contributed by atoms with Crippen molar-refractivity contribution in [2.45, 2.75) is 32.2 Å². The van der Waals surface area contributed by atoms with E-state index in [1.165, 1.54) is 18.2 Å². The van der Waals surface area contributed by atoms with E-state index in [1.807, 2.05) is 24.3 Å². The average Bonchev–Trinajstić information content (AvgIpc) is 3.02. The van der Waals surface area contributed by atoms with Crippen LogP contribution in [0.5, 0.6) is 5.75 Å². The van der Waals surface area contributed by atoms with Gasteiger partial charge in [0.1, 0.15) is 5.75 Å². The summed E-state index contributed by atoms with van der Waals surface area (Å²) < 4.78 is 42.3. The molecule has 0 aliphatic carbocycles. The number of fused-ring (bicyclic) bond motifs is 1. The smallest absolute Gasteiger partial charge is 0.405 e. The second-order valence-corrected chi connectivity index (χ2v) is 6.98. The van der Waals surface area contributed by atoms with Crippen molar-refractivity contribution in [2.24, 2.45) is 0 Å². The normalized spacial score (nSPS) is 11.5. The van der Waals surface area contributed by atoms with Gasteiger partial charge < -0.3 is 10.1 Å². The number of ether oxygens (including phenoxy) is 1. The molecular formula is C19H17F3N2O2S. The van der Waals surface area contributed by atoms with Crippen LogP contribution in [0.4, 0.5) is 13.2 Å². The van der Waals surface area contributed by atoms with Crippen LogP contribution in [0.15, 0.2) is 48.5 Å². The van der Waals surface area contributed by atoms with Crippen LogP contribution in [-0.2, 0) is 17.8 Å². The van der Waals surface area contributed by atoms with Gasteiger partial charge in [0.25, 0.3) is 0 Å². The standard InChI is InChI=1S/C19H17F3N2O2S/c20-19(21,22)26-15-8-3-1-6-13(15)12-23-17(25)10-5-11-18-24-14-7-2-4-9-16(14)27-18/h1-4,6-9H,5,10-12H2,(H,23,25). The van der Waals surface area contributed by atoms with Crippen LogP contribution in [0.1, 0.15) is 23.4 Å². The highest BCUT2D eigenvalue weighted by atomic mass is 32.1. The lowest BCUT2D eigenvalue weighted by Crippen LogP contribution is -2.24. The number of thiazole rings is 1. The number of hydrogen-bond acceptors (Lipinski definition) is 4. The van der Waals surface area contributed by atoms with Crippen molar-refractivity contribution < 1.29 is 22.7 Å². The van der Waals surface area contributed by atoms with E-state index in [4.69, 9.17) is 0 Å². The Morgan fingerprint density at radius 3 is 2.63 bits per heavy atom. The molecule has 0 aliphatic heterocycles. The molecule has 1 amide bonds. The third-order valence-corrected chi connectivity index (χ3v) is 4.90. The van der Waals surface area contributed by atoms with Crippen molar-refractivity contribution in [1.82, 2.24) is 10.3 Å². The number of rotatable bonds is 7. The summed E-state index contributed by atoms with van der Waals surface area (Å²) in [6.07, 6.45) is -3.19. The number of alkyl halides is 3. The summed E-state index contributed by atoms with van der Waals surface area (Å²) in [5.41, 5.74) is 1.22. The van der Waals surface area contributed by atoms with Gasteiger partial charge in [0, 0.05) is 18.5 Å². The highest BCUT2D eigenvalue weighted by Gasteiger charge is 2.31. The van der Waals surface area contributed by atoms with Crippen LogP contribution >= 0.6 is 11.3 Å². The third-order valence-electron chi connectivity index (χ3n) is 3.81. The summed E-state index contributed by atoms with van der Waals surface area (Å²) in [4.78, 5) is 16.5. The highest BCUT2D eigenvalue weighted by Crippen LogP contribution is 2.26. The van der Waals surface area contributed by atoms with Gasteiger partial charge in [-0.2, -0.15) is 0 Å². The van der Waals surface area contributed by atoms with E-state index in [1.54, 1.807) is 17.4 Å². The molecule has 1 N–H and O–H groups in total. The molecule has 0 unspecified atom stereocenters. The first-order chi connectivity index (χ1) is 12.9. The van der Waals surface area contributed by atoms with Gasteiger partial charge in [-0.3, -0.25) is 4.79 Å². The SMILES string of the molecule is O=C(CCCc1nc2ccccc2s1)NCc1ccccc1OC(F)(F)F. The van der Waals surface area contributed by atoms with E-state index in [2.05, 4.69) is 15.0 Å². The maximum absolute atomic E-state index is 12.4. The lowest BCUT2D eigenvalue weighted by molar-refractivity contribution is -0.274. The fourth-order valence-corrected chi connectivity index (χ4v) is 3.59. The Labute approximate surface area is 158 Å². The Morgan fingerprint density at radius 1 is 1.11 bits per heavy atom. The summed E-state index contributed by atoms with van der Waals surface area (Å²) in [7, 11) is 0. The van der Waals surface area contributed by atoms with E-state index in [9.17, 15) is 18.0 Å². The maximum atomic E-state index is 12.4. The predicted molar refractivity (Wildman–Crippen MR) is 97.5 cm³/mol. The van der Waals surface area contributed by atoms with Crippen LogP contribution in [0.3, 0.4) is 0 Å². The van der Waals surface area contributed by atoms with Gasteiger partial charge >= 0.3 is 6.36 Å². The Balaban J connectivity index is 1.47. The molecule has 0 bridgehead atoms. The lowest BCUT2D eigenvalue weighted by atomic mass is 10.2. The van der Waals surface area contributed by atoms with Crippen molar-refractivity contribution in [1.29, 1.82) is 0 Å². The van der Waals surface area contributed by atoms with E-state index in [0.29, 0.717) is 12.8 Å². The zero-order chi connectivity index (χ0) is 19.3. The first kappa shape index (κ1) is 19.2. The van der Waals surface area contributed by atoms with Gasteiger partial charge in [0.05, 0.1) is 15.2 Å². The first-order valence-electron chi connectivity index (χ1n) is 8.35. The average molecular weight is 394 g/mol. The van der Waals surface area contributed by atoms with Crippen molar-refractivity contribution in [3.8, 4) is 5.75 Å². The molecule has 3 rings (SSSR count). The molecule has 0 aliphatic rings. The monoisotopic (exact) mass is 394 g/mol. The molecule has 1 heterocycles. The molecule has 8 heteroatoms. The highest BCUT2D eigenvalue weighted by molar-refractivity contribution is 7.18. The molecular weight excluding hydrogens is 377 g/mol. The van der Waals surface area contributed by atoms with E-state index < -0.39 is 6.36 Å². The maximum Gasteiger partial charge on any atom is 0.573 e. The van der Waals surface area contributed by atoms with Crippen molar-refractivity contribution in [3.05, 3.63) is 59.1 Å². The van der Waals surface area contributed by atoms with Gasteiger partial charge in [0.15, 0.2) is 0 Å². The molecule has 3 aromatic rings. The molecule has 4 nitrogen and oxygen atoms in total. The van der Waals surface area contributed by atoms with Gasteiger partial charge in [-0.15, -0.1) is 24.5 Å². The van der Waals surface area contributed by atoms with Crippen molar-refractivity contribution in [3.63, 3.8) is 0 Å². The Hall–Kier alpha value is -2.61. The molecule has 0 fully saturated rings. The van der Waals surface area contributed by atoms with Crippen LogP contribution in [0.2, 0.25) is 0 Å². The first-order valence-corrected chi connectivity index (χ1v) is 9.17. The van der Waals surface area contributed by atoms with Gasteiger partial charge in [-0.05, 0) is 31.0 Å². The largest absolute Gasteiger partial charge is 0.573 e. The van der Waals surface area contributed by atoms with Crippen LogP contribution in [0.25, 0.3) is 10.2 Å². The van der Waals surface area contributed by atoms with E-state index in [-0.39, 0.29) is 30.2 Å². The molecule has 142 valence electrons. The molecule has 0 saturated heterocycles. The summed E-state index contributed by atoms with van der Waals surface area (Å²) >= 11 is 1.60. The van der Waals surface area contributed by atoms with E-state index in [0.717, 1.165) is 15.2 Å². The second-order valence-electron chi connectivity index (χ2n) is 5.86. The molecule has 0 saturated carbocycles. The Bertz CT molecular complexity index is 891. The molecule has 1 aromatic heterocycles. The number of nitrogens with one attached hydrogen (secondary N) is 1.